The van der Waals surface area contributed by atoms with Crippen molar-refractivity contribution >= 4 is 11.8 Å². The van der Waals surface area contributed by atoms with Gasteiger partial charge in [-0.05, 0) is 56.5 Å². The van der Waals surface area contributed by atoms with Gasteiger partial charge >= 0.3 is 0 Å². The number of benzene rings is 2. The average molecular weight is 555 g/mol. The van der Waals surface area contributed by atoms with Crippen LogP contribution in [0.2, 0.25) is 0 Å². The quantitative estimate of drug-likeness (QED) is 0.394. The smallest absolute Gasteiger partial charge is 0.274 e. The Morgan fingerprint density at radius 2 is 1.75 bits per heavy atom. The first-order chi connectivity index (χ1) is 19.0. The summed E-state index contributed by atoms with van der Waals surface area (Å²) in [6.07, 6.45) is 5.71. The van der Waals surface area contributed by atoms with Crippen molar-refractivity contribution in [3.8, 4) is 11.3 Å². The van der Waals surface area contributed by atoms with Crippen molar-refractivity contribution in [1.82, 2.24) is 20.7 Å². The molecule has 2 amide bonds. The molecule has 0 bridgehead atoms. The zero-order valence-electron chi connectivity index (χ0n) is 22.6. The fourth-order valence-corrected chi connectivity index (χ4v) is 5.82. The van der Waals surface area contributed by atoms with Crippen LogP contribution in [-0.4, -0.2) is 46.5 Å². The van der Waals surface area contributed by atoms with E-state index in [4.69, 9.17) is 4.52 Å². The first-order valence-corrected chi connectivity index (χ1v) is 13.6. The SMILES string of the molecule is CC(C)(NC(=O)CC1(NC(=O)c2cc(-c3ccc(F)cc3F)on2)CN(C2CCCCC2)C1)c1cccc(F)c1. The van der Waals surface area contributed by atoms with E-state index in [0.29, 0.717) is 24.7 Å². The van der Waals surface area contributed by atoms with Crippen molar-refractivity contribution in [2.75, 3.05) is 13.1 Å². The average Bonchev–Trinajstić information content (AvgIpc) is 3.37. The molecule has 1 aliphatic heterocycles. The van der Waals surface area contributed by atoms with Crippen LogP contribution in [0, 0.1) is 17.5 Å². The van der Waals surface area contributed by atoms with Crippen molar-refractivity contribution in [2.24, 2.45) is 0 Å². The summed E-state index contributed by atoms with van der Waals surface area (Å²) >= 11 is 0. The molecule has 2 heterocycles. The minimum absolute atomic E-state index is 0.0104. The Hall–Kier alpha value is -3.66. The monoisotopic (exact) mass is 554 g/mol. The van der Waals surface area contributed by atoms with Crippen molar-refractivity contribution in [3.63, 3.8) is 0 Å². The van der Waals surface area contributed by atoms with Gasteiger partial charge in [0, 0.05) is 31.3 Å². The Balaban J connectivity index is 1.31. The predicted octanol–water partition coefficient (Wildman–Crippen LogP) is 5.32. The van der Waals surface area contributed by atoms with Gasteiger partial charge in [-0.3, -0.25) is 14.5 Å². The van der Waals surface area contributed by atoms with Gasteiger partial charge in [0.15, 0.2) is 11.5 Å². The van der Waals surface area contributed by atoms with Crippen LogP contribution >= 0.6 is 0 Å². The molecule has 2 aliphatic rings. The lowest BCUT2D eigenvalue weighted by atomic mass is 9.81. The fourth-order valence-electron chi connectivity index (χ4n) is 5.82. The van der Waals surface area contributed by atoms with Crippen LogP contribution in [0.1, 0.15) is 68.4 Å². The van der Waals surface area contributed by atoms with E-state index in [-0.39, 0.29) is 29.3 Å². The Kier molecular flexibility index (Phi) is 7.72. The molecule has 212 valence electrons. The third-order valence-electron chi connectivity index (χ3n) is 7.92. The lowest BCUT2D eigenvalue weighted by Crippen LogP contribution is -2.73. The van der Waals surface area contributed by atoms with Crippen LogP contribution in [0.3, 0.4) is 0 Å². The maximum absolute atomic E-state index is 14.2. The normalized spacial score (nSPS) is 17.7. The molecule has 0 atom stereocenters. The Morgan fingerprint density at radius 1 is 1.02 bits per heavy atom. The van der Waals surface area contributed by atoms with Crippen LogP contribution in [0.25, 0.3) is 11.3 Å². The highest BCUT2D eigenvalue weighted by molar-refractivity contribution is 5.94. The van der Waals surface area contributed by atoms with Crippen LogP contribution in [0.15, 0.2) is 53.1 Å². The topological polar surface area (TPSA) is 87.5 Å². The van der Waals surface area contributed by atoms with Crippen LogP contribution in [-0.2, 0) is 10.3 Å². The van der Waals surface area contributed by atoms with Crippen LogP contribution < -0.4 is 10.6 Å². The molecule has 7 nitrogen and oxygen atoms in total. The number of aromatic nitrogens is 1. The molecule has 2 aromatic carbocycles. The molecule has 2 fully saturated rings. The molecule has 1 saturated heterocycles. The summed E-state index contributed by atoms with van der Waals surface area (Å²) in [5.41, 5.74) is -1.16. The van der Waals surface area contributed by atoms with Crippen LogP contribution in [0.4, 0.5) is 13.2 Å². The molecule has 40 heavy (non-hydrogen) atoms. The maximum Gasteiger partial charge on any atom is 0.274 e. The number of nitrogens with one attached hydrogen (secondary N) is 2. The highest BCUT2D eigenvalue weighted by Crippen LogP contribution is 2.34. The third kappa shape index (κ3) is 6.06. The van der Waals surface area contributed by atoms with E-state index in [1.165, 1.54) is 30.7 Å². The third-order valence-corrected chi connectivity index (χ3v) is 7.92. The number of rotatable bonds is 8. The lowest BCUT2D eigenvalue weighted by molar-refractivity contribution is -0.127. The lowest BCUT2D eigenvalue weighted by Gasteiger charge is -2.54. The van der Waals surface area contributed by atoms with Gasteiger partial charge in [0.25, 0.3) is 5.91 Å². The summed E-state index contributed by atoms with van der Waals surface area (Å²) in [5.74, 6) is -2.81. The number of hydrogen-bond acceptors (Lipinski definition) is 5. The number of carbonyl (C=O) groups excluding carboxylic acids is 2. The first kappa shape index (κ1) is 27.9. The summed E-state index contributed by atoms with van der Waals surface area (Å²) < 4.78 is 46.6. The highest BCUT2D eigenvalue weighted by Gasteiger charge is 2.48. The van der Waals surface area contributed by atoms with Gasteiger partial charge in [0.05, 0.1) is 23.1 Å². The molecule has 0 radical (unpaired) electrons. The van der Waals surface area contributed by atoms with Gasteiger partial charge in [0.2, 0.25) is 5.91 Å². The Bertz CT molecular complexity index is 1390. The molecule has 0 unspecified atom stereocenters. The number of hydrogen-bond donors (Lipinski definition) is 2. The number of nitrogens with zero attached hydrogens (tertiary/aromatic N) is 2. The minimum atomic E-state index is -0.850. The molecule has 3 aromatic rings. The molecular formula is C30H33F3N4O3. The van der Waals surface area contributed by atoms with E-state index in [2.05, 4.69) is 20.7 Å². The molecule has 1 aliphatic carbocycles. The second kappa shape index (κ2) is 11.1. The predicted molar refractivity (Wildman–Crippen MR) is 143 cm³/mol. The molecular weight excluding hydrogens is 521 g/mol. The summed E-state index contributed by atoms with van der Waals surface area (Å²) in [7, 11) is 0. The van der Waals surface area contributed by atoms with E-state index in [1.54, 1.807) is 26.0 Å². The molecule has 10 heteroatoms. The van der Waals surface area contributed by atoms with Crippen LogP contribution in [0.5, 0.6) is 0 Å². The summed E-state index contributed by atoms with van der Waals surface area (Å²) in [5, 5.41) is 9.77. The van der Waals surface area contributed by atoms with E-state index >= 15 is 0 Å². The van der Waals surface area contributed by atoms with Gasteiger partial charge in [0.1, 0.15) is 17.5 Å². The number of halogens is 3. The minimum Gasteiger partial charge on any atom is -0.355 e. The summed E-state index contributed by atoms with van der Waals surface area (Å²) in [6.45, 7) is 4.58. The number of amides is 2. The van der Waals surface area contributed by atoms with E-state index < -0.39 is 34.4 Å². The first-order valence-electron chi connectivity index (χ1n) is 13.6. The fraction of sp³-hybridized carbons (Fsp3) is 0.433. The van der Waals surface area contributed by atoms with Gasteiger partial charge in [-0.25, -0.2) is 13.2 Å². The molecule has 1 aromatic heterocycles. The van der Waals surface area contributed by atoms with E-state index in [0.717, 1.165) is 37.8 Å². The Labute approximate surface area is 231 Å². The van der Waals surface area contributed by atoms with Crippen molar-refractivity contribution in [3.05, 3.63) is 77.2 Å². The summed E-state index contributed by atoms with van der Waals surface area (Å²) in [4.78, 5) is 28.9. The summed E-state index contributed by atoms with van der Waals surface area (Å²) in [6, 6.07) is 10.8. The standard InChI is InChI=1S/C30H33F3N4O3/c1-29(2,19-7-6-8-20(31)13-19)34-27(38)16-30(17-37(18-30)22-9-4-3-5-10-22)35-28(39)25-15-26(40-36-25)23-12-11-21(32)14-24(23)33/h6-8,11-15,22H,3-5,9-10,16-18H2,1-2H3,(H,34,38)(H,35,39). The maximum atomic E-state index is 14.2. The number of likely N-dealkylation sites (tertiary alicyclic amines) is 1. The molecule has 0 spiro atoms. The van der Waals surface area contributed by atoms with Gasteiger partial charge < -0.3 is 15.2 Å². The van der Waals surface area contributed by atoms with E-state index in [9.17, 15) is 22.8 Å². The number of carbonyl (C=O) groups is 2. The highest BCUT2D eigenvalue weighted by atomic mass is 19.1. The zero-order chi connectivity index (χ0) is 28.5. The zero-order valence-corrected chi connectivity index (χ0v) is 22.6. The van der Waals surface area contributed by atoms with Gasteiger partial charge in [-0.2, -0.15) is 0 Å². The second-order valence-corrected chi connectivity index (χ2v) is 11.5. The largest absolute Gasteiger partial charge is 0.355 e. The van der Waals surface area contributed by atoms with Crippen molar-refractivity contribution in [1.29, 1.82) is 0 Å². The molecule has 1 saturated carbocycles. The van der Waals surface area contributed by atoms with Crippen molar-refractivity contribution in [2.45, 2.75) is 69.5 Å². The molecule has 2 N–H and O–H groups in total. The van der Waals surface area contributed by atoms with E-state index in [1.807, 2.05) is 0 Å². The van der Waals surface area contributed by atoms with Gasteiger partial charge in [-0.1, -0.05) is 36.6 Å². The Morgan fingerprint density at radius 3 is 2.45 bits per heavy atom. The molecule has 5 rings (SSSR count). The van der Waals surface area contributed by atoms with Gasteiger partial charge in [-0.15, -0.1) is 0 Å². The second-order valence-electron chi connectivity index (χ2n) is 11.5. The van der Waals surface area contributed by atoms with Crippen molar-refractivity contribution < 1.29 is 27.3 Å².